The average Bonchev–Trinajstić information content (AvgIpc) is 3.24. The van der Waals surface area contributed by atoms with Crippen LogP contribution in [0.2, 0.25) is 0 Å². The van der Waals surface area contributed by atoms with Crippen LogP contribution in [0.1, 0.15) is 37.7 Å². The largest absolute Gasteiger partial charge is 0.437 e. The van der Waals surface area contributed by atoms with Gasteiger partial charge < -0.3 is 4.42 Å². The molecule has 156 valence electrons. The van der Waals surface area contributed by atoms with Gasteiger partial charge in [0.2, 0.25) is 5.71 Å². The summed E-state index contributed by atoms with van der Waals surface area (Å²) in [6.07, 6.45) is 10.6. The van der Waals surface area contributed by atoms with E-state index in [1.807, 2.05) is 18.5 Å². The predicted molar refractivity (Wildman–Crippen MR) is 138 cm³/mol. The molecule has 2 aromatic carbocycles. The van der Waals surface area contributed by atoms with Crippen molar-refractivity contribution in [2.45, 2.75) is 37.3 Å². The Labute approximate surface area is 190 Å². The van der Waals surface area contributed by atoms with Gasteiger partial charge in [0, 0.05) is 28.7 Å². The fraction of sp³-hybridized carbons (Fsp3) is 0.259. The quantitative estimate of drug-likeness (QED) is 0.380. The van der Waals surface area contributed by atoms with Crippen molar-refractivity contribution >= 4 is 48.5 Å². The van der Waals surface area contributed by atoms with E-state index in [9.17, 15) is 0 Å². The zero-order chi connectivity index (χ0) is 21.7. The van der Waals surface area contributed by atoms with E-state index in [0.29, 0.717) is 5.71 Å². The minimum Gasteiger partial charge on any atom is -0.437 e. The predicted octanol–water partition coefficient (Wildman–Crippen LogP) is 5.20. The first-order valence-corrected chi connectivity index (χ1v) is 11.8. The van der Waals surface area contributed by atoms with Crippen LogP contribution in [0.4, 0.5) is 0 Å². The summed E-state index contributed by atoms with van der Waals surface area (Å²) in [4.78, 5) is 9.38. The maximum absolute atomic E-state index is 6.34. The maximum Gasteiger partial charge on any atom is 0.227 e. The molecule has 3 nitrogen and oxygen atoms in total. The van der Waals surface area contributed by atoms with Gasteiger partial charge in [-0.2, -0.15) is 0 Å². The van der Waals surface area contributed by atoms with Crippen molar-refractivity contribution in [1.82, 2.24) is 9.97 Å². The van der Waals surface area contributed by atoms with E-state index < -0.39 is 0 Å². The number of para-hydroxylation sites is 1. The van der Waals surface area contributed by atoms with Crippen LogP contribution < -0.4 is 0 Å². The molecule has 6 rings (SSSR count). The van der Waals surface area contributed by atoms with E-state index in [1.165, 1.54) is 43.1 Å². The Kier molecular flexibility index (Phi) is 4.60. The lowest BCUT2D eigenvalue weighted by atomic mass is 9.43. The maximum atomic E-state index is 6.34. The number of benzene rings is 2. The van der Waals surface area contributed by atoms with Crippen LogP contribution in [-0.4, -0.2) is 25.7 Å². The summed E-state index contributed by atoms with van der Waals surface area (Å²) >= 11 is 0. The summed E-state index contributed by atoms with van der Waals surface area (Å²) in [5.74, 6) is 0.726. The van der Waals surface area contributed by atoms with Crippen molar-refractivity contribution < 1.29 is 4.42 Å². The molecule has 0 saturated heterocycles. The lowest BCUT2D eigenvalue weighted by molar-refractivity contribution is 0.327. The highest BCUT2D eigenvalue weighted by atomic mass is 16.3. The monoisotopic (exact) mass is 416 g/mol. The summed E-state index contributed by atoms with van der Waals surface area (Å²) < 4.78 is 6.34. The summed E-state index contributed by atoms with van der Waals surface area (Å²) in [7, 11) is 4.81. The molecule has 5 heteroatoms. The van der Waals surface area contributed by atoms with Gasteiger partial charge in [0.15, 0.2) is 0 Å². The highest BCUT2D eigenvalue weighted by molar-refractivity contribution is 6.40. The molecule has 0 amide bonds. The van der Waals surface area contributed by atoms with Crippen LogP contribution in [0.15, 0.2) is 71.4 Å². The summed E-state index contributed by atoms with van der Waals surface area (Å²) in [6, 6.07) is 19.2. The SMILES string of the molecule is BC(B)(c1ccnc(-c2cccc3c2oc2ncc4ccccc4c23)c1)C1CCCCC1. The van der Waals surface area contributed by atoms with Crippen molar-refractivity contribution in [3.05, 3.63) is 72.6 Å². The fourth-order valence-corrected chi connectivity index (χ4v) is 5.66. The van der Waals surface area contributed by atoms with Gasteiger partial charge in [-0.3, -0.25) is 4.98 Å². The second-order valence-electron chi connectivity index (χ2n) is 9.80. The van der Waals surface area contributed by atoms with E-state index >= 15 is 0 Å². The Bertz CT molecular complexity index is 1450. The molecule has 1 aliphatic carbocycles. The Morgan fingerprint density at radius 1 is 0.875 bits per heavy atom. The molecule has 1 aliphatic rings. The molecule has 3 aromatic heterocycles. The molecule has 0 spiro atoms. The lowest BCUT2D eigenvalue weighted by Gasteiger charge is -2.38. The number of hydrogen-bond acceptors (Lipinski definition) is 3. The summed E-state index contributed by atoms with van der Waals surface area (Å²) in [6.45, 7) is 0. The van der Waals surface area contributed by atoms with Crippen LogP contribution >= 0.6 is 0 Å². The minimum atomic E-state index is 0.137. The Hall–Kier alpha value is -3.07. The number of nitrogens with zero attached hydrogens (tertiary/aromatic N) is 2. The van der Waals surface area contributed by atoms with Crippen molar-refractivity contribution in [2.24, 2.45) is 5.92 Å². The molecular weight excluding hydrogens is 390 g/mol. The van der Waals surface area contributed by atoms with E-state index in [1.54, 1.807) is 0 Å². The number of furan rings is 1. The molecule has 0 bridgehead atoms. The van der Waals surface area contributed by atoms with Gasteiger partial charge in [-0.05, 0) is 29.5 Å². The average molecular weight is 416 g/mol. The van der Waals surface area contributed by atoms with E-state index in [-0.39, 0.29) is 5.21 Å². The molecule has 0 N–H and O–H groups in total. The van der Waals surface area contributed by atoms with Crippen molar-refractivity contribution in [3.8, 4) is 11.3 Å². The zero-order valence-electron chi connectivity index (χ0n) is 18.8. The topological polar surface area (TPSA) is 38.9 Å². The van der Waals surface area contributed by atoms with Crippen molar-refractivity contribution in [3.63, 3.8) is 0 Å². The Balaban J connectivity index is 1.52. The van der Waals surface area contributed by atoms with Gasteiger partial charge >= 0.3 is 0 Å². The van der Waals surface area contributed by atoms with Gasteiger partial charge in [0.1, 0.15) is 21.3 Å². The highest BCUT2D eigenvalue weighted by Gasteiger charge is 2.32. The van der Waals surface area contributed by atoms with E-state index in [2.05, 4.69) is 69.2 Å². The smallest absolute Gasteiger partial charge is 0.227 e. The van der Waals surface area contributed by atoms with Crippen LogP contribution in [0, 0.1) is 5.92 Å². The third-order valence-corrected chi connectivity index (χ3v) is 7.65. The number of aromatic nitrogens is 2. The van der Waals surface area contributed by atoms with Gasteiger partial charge in [-0.1, -0.05) is 79.3 Å². The van der Waals surface area contributed by atoms with Crippen molar-refractivity contribution in [1.29, 1.82) is 0 Å². The molecule has 1 fully saturated rings. The number of pyridine rings is 2. The normalized spacial score (nSPS) is 15.6. The molecule has 0 atom stereocenters. The molecule has 5 aromatic rings. The van der Waals surface area contributed by atoms with Gasteiger partial charge in [-0.25, -0.2) is 4.98 Å². The number of hydrogen-bond donors (Lipinski definition) is 0. The van der Waals surface area contributed by atoms with E-state index in [0.717, 1.165) is 38.9 Å². The van der Waals surface area contributed by atoms with E-state index in [4.69, 9.17) is 9.40 Å². The third-order valence-electron chi connectivity index (χ3n) is 7.65. The van der Waals surface area contributed by atoms with Crippen molar-refractivity contribution in [2.75, 3.05) is 0 Å². The first kappa shape index (κ1) is 19.6. The molecule has 3 heterocycles. The number of fused-ring (bicyclic) bond motifs is 5. The zero-order valence-corrected chi connectivity index (χ0v) is 18.8. The Morgan fingerprint density at radius 2 is 1.69 bits per heavy atom. The van der Waals surface area contributed by atoms with Gasteiger partial charge in [-0.15, -0.1) is 0 Å². The Morgan fingerprint density at radius 3 is 2.56 bits per heavy atom. The van der Waals surface area contributed by atoms with Gasteiger partial charge in [0.05, 0.1) is 11.1 Å². The van der Waals surface area contributed by atoms with Crippen LogP contribution in [0.5, 0.6) is 0 Å². The summed E-state index contributed by atoms with van der Waals surface area (Å²) in [5.41, 5.74) is 4.92. The summed E-state index contributed by atoms with van der Waals surface area (Å²) in [5, 5.41) is 4.62. The standard InChI is InChI=1S/C27H26B2N2O/c28-27(29,18-8-2-1-3-9-18)19-13-14-30-23(15-19)21-11-6-12-22-24-20-10-5-4-7-17(20)16-31-26(24)32-25(21)22/h4-7,10-16,18H,1-3,8-9,28-29H2. The van der Waals surface area contributed by atoms with Gasteiger partial charge in [0.25, 0.3) is 0 Å². The van der Waals surface area contributed by atoms with Crippen LogP contribution in [0.3, 0.4) is 0 Å². The second-order valence-corrected chi connectivity index (χ2v) is 9.80. The molecular formula is C27H26B2N2O. The highest BCUT2D eigenvalue weighted by Crippen LogP contribution is 2.40. The molecule has 0 radical (unpaired) electrons. The number of rotatable bonds is 3. The molecule has 32 heavy (non-hydrogen) atoms. The first-order chi connectivity index (χ1) is 15.6. The van der Waals surface area contributed by atoms with Crippen LogP contribution in [0.25, 0.3) is 44.1 Å². The fourth-order valence-electron chi connectivity index (χ4n) is 5.66. The lowest BCUT2D eigenvalue weighted by Crippen LogP contribution is -2.37. The molecule has 0 unspecified atom stereocenters. The van der Waals surface area contributed by atoms with Crippen LogP contribution in [-0.2, 0) is 5.21 Å². The molecule has 0 aliphatic heterocycles. The second kappa shape index (κ2) is 7.51. The minimum absolute atomic E-state index is 0.137. The third kappa shape index (κ3) is 3.06. The first-order valence-electron chi connectivity index (χ1n) is 11.8. The molecule has 1 saturated carbocycles.